The normalized spacial score (nSPS) is 24.0. The third-order valence-corrected chi connectivity index (χ3v) is 5.06. The Balaban J connectivity index is 1.59. The summed E-state index contributed by atoms with van der Waals surface area (Å²) in [7, 11) is 0. The summed E-state index contributed by atoms with van der Waals surface area (Å²) in [6.07, 6.45) is 4.48. The van der Waals surface area contributed by atoms with E-state index in [4.69, 9.17) is 0 Å². The van der Waals surface area contributed by atoms with E-state index in [0.29, 0.717) is 12.1 Å². The Morgan fingerprint density at radius 2 is 1.52 bits per heavy atom. The van der Waals surface area contributed by atoms with Crippen molar-refractivity contribution in [2.75, 3.05) is 18.0 Å². The summed E-state index contributed by atoms with van der Waals surface area (Å²) in [6, 6.07) is 6.66. The highest BCUT2D eigenvalue weighted by Crippen LogP contribution is 2.31. The van der Waals surface area contributed by atoms with Gasteiger partial charge in [0.25, 0.3) is 0 Å². The predicted molar refractivity (Wildman–Crippen MR) is 86.7 cm³/mol. The number of piperidine rings is 1. The van der Waals surface area contributed by atoms with E-state index < -0.39 is 11.7 Å². The fourth-order valence-corrected chi connectivity index (χ4v) is 3.81. The molecule has 1 aliphatic heterocycles. The molecule has 0 spiro atoms. The van der Waals surface area contributed by atoms with E-state index in [1.165, 1.54) is 44.2 Å². The molecule has 0 aromatic heterocycles. The van der Waals surface area contributed by atoms with Crippen LogP contribution in [0.3, 0.4) is 0 Å². The third kappa shape index (κ3) is 4.40. The van der Waals surface area contributed by atoms with Crippen molar-refractivity contribution in [3.8, 4) is 0 Å². The monoisotopic (exact) mass is 326 g/mol. The molecule has 1 aromatic carbocycles. The SMILES string of the molecule is FC(F)(F)c1ccc(N2CCC[C@H](NC3CCCCC3)C2)cc1. The van der Waals surface area contributed by atoms with Crippen LogP contribution in [0.2, 0.25) is 0 Å². The van der Waals surface area contributed by atoms with Gasteiger partial charge in [-0.25, -0.2) is 0 Å². The smallest absolute Gasteiger partial charge is 0.370 e. The minimum Gasteiger partial charge on any atom is -0.370 e. The van der Waals surface area contributed by atoms with Crippen molar-refractivity contribution in [3.05, 3.63) is 29.8 Å². The zero-order valence-electron chi connectivity index (χ0n) is 13.4. The van der Waals surface area contributed by atoms with Crippen LogP contribution < -0.4 is 10.2 Å². The summed E-state index contributed by atoms with van der Waals surface area (Å²) < 4.78 is 38.0. The van der Waals surface area contributed by atoms with Crippen LogP contribution in [-0.4, -0.2) is 25.2 Å². The van der Waals surface area contributed by atoms with Crippen LogP contribution in [0.15, 0.2) is 24.3 Å². The first-order valence-electron chi connectivity index (χ1n) is 8.70. The van der Waals surface area contributed by atoms with Crippen LogP contribution in [0.5, 0.6) is 0 Å². The maximum atomic E-state index is 12.7. The molecule has 0 bridgehead atoms. The van der Waals surface area contributed by atoms with Crippen molar-refractivity contribution in [1.29, 1.82) is 0 Å². The van der Waals surface area contributed by atoms with Gasteiger partial charge in [-0.05, 0) is 49.9 Å². The fourth-order valence-electron chi connectivity index (χ4n) is 3.81. The summed E-state index contributed by atoms with van der Waals surface area (Å²) >= 11 is 0. The lowest BCUT2D eigenvalue weighted by atomic mass is 9.93. The molecule has 2 nitrogen and oxygen atoms in total. The lowest BCUT2D eigenvalue weighted by molar-refractivity contribution is -0.137. The number of nitrogens with one attached hydrogen (secondary N) is 1. The Morgan fingerprint density at radius 3 is 2.17 bits per heavy atom. The summed E-state index contributed by atoms with van der Waals surface area (Å²) in [4.78, 5) is 2.21. The number of benzene rings is 1. The maximum absolute atomic E-state index is 12.7. The maximum Gasteiger partial charge on any atom is 0.416 e. The minimum atomic E-state index is -4.26. The molecule has 0 unspecified atom stereocenters. The molecule has 0 amide bonds. The zero-order chi connectivity index (χ0) is 16.3. The topological polar surface area (TPSA) is 15.3 Å². The van der Waals surface area contributed by atoms with Crippen molar-refractivity contribution in [1.82, 2.24) is 5.32 Å². The highest BCUT2D eigenvalue weighted by molar-refractivity contribution is 5.48. The van der Waals surface area contributed by atoms with E-state index in [9.17, 15) is 13.2 Å². The van der Waals surface area contributed by atoms with Crippen molar-refractivity contribution in [3.63, 3.8) is 0 Å². The van der Waals surface area contributed by atoms with E-state index >= 15 is 0 Å². The van der Waals surface area contributed by atoms with Gasteiger partial charge < -0.3 is 10.2 Å². The summed E-state index contributed by atoms with van der Waals surface area (Å²) in [6.45, 7) is 1.82. The van der Waals surface area contributed by atoms with Gasteiger partial charge in [-0.15, -0.1) is 0 Å². The lowest BCUT2D eigenvalue weighted by Gasteiger charge is -2.37. The second-order valence-corrected chi connectivity index (χ2v) is 6.83. The molecule has 1 saturated carbocycles. The average molecular weight is 326 g/mol. The molecule has 1 N–H and O–H groups in total. The van der Waals surface area contributed by atoms with Crippen molar-refractivity contribution in [2.24, 2.45) is 0 Å². The highest BCUT2D eigenvalue weighted by Gasteiger charge is 2.30. The third-order valence-electron chi connectivity index (χ3n) is 5.06. The number of anilines is 1. The van der Waals surface area contributed by atoms with Crippen LogP contribution in [-0.2, 0) is 6.18 Å². The second kappa shape index (κ2) is 7.12. The van der Waals surface area contributed by atoms with E-state index in [0.717, 1.165) is 31.6 Å². The van der Waals surface area contributed by atoms with E-state index in [2.05, 4.69) is 10.2 Å². The van der Waals surface area contributed by atoms with Gasteiger partial charge in [-0.3, -0.25) is 0 Å². The van der Waals surface area contributed by atoms with Gasteiger partial charge in [0.2, 0.25) is 0 Å². The van der Waals surface area contributed by atoms with Crippen LogP contribution in [0.1, 0.15) is 50.5 Å². The molecule has 1 aromatic rings. The highest BCUT2D eigenvalue weighted by atomic mass is 19.4. The van der Waals surface area contributed by atoms with E-state index in [1.54, 1.807) is 12.1 Å². The largest absolute Gasteiger partial charge is 0.416 e. The molecule has 23 heavy (non-hydrogen) atoms. The number of halogens is 3. The minimum absolute atomic E-state index is 0.453. The number of hydrogen-bond acceptors (Lipinski definition) is 2. The average Bonchev–Trinajstić information content (AvgIpc) is 2.55. The summed E-state index contributed by atoms with van der Waals surface area (Å²) in [5.74, 6) is 0. The molecule has 1 aliphatic carbocycles. The number of alkyl halides is 3. The van der Waals surface area contributed by atoms with Crippen molar-refractivity contribution in [2.45, 2.75) is 63.2 Å². The number of hydrogen-bond donors (Lipinski definition) is 1. The number of rotatable bonds is 3. The quantitative estimate of drug-likeness (QED) is 0.873. The molecule has 2 fully saturated rings. The Hall–Kier alpha value is -1.23. The Bertz CT molecular complexity index is 492. The molecule has 5 heteroatoms. The molecule has 1 atom stereocenters. The molecular weight excluding hydrogens is 301 g/mol. The lowest BCUT2D eigenvalue weighted by Crippen LogP contribution is -2.49. The van der Waals surface area contributed by atoms with Gasteiger partial charge in [0, 0.05) is 30.9 Å². The molecule has 3 rings (SSSR count). The second-order valence-electron chi connectivity index (χ2n) is 6.83. The van der Waals surface area contributed by atoms with Crippen molar-refractivity contribution >= 4 is 5.69 Å². The summed E-state index contributed by atoms with van der Waals surface area (Å²) in [5.41, 5.74) is 0.322. The van der Waals surface area contributed by atoms with Gasteiger partial charge in [-0.2, -0.15) is 13.2 Å². The van der Waals surface area contributed by atoms with Gasteiger partial charge in [0.05, 0.1) is 5.56 Å². The first-order valence-corrected chi connectivity index (χ1v) is 8.70. The molecule has 1 heterocycles. The Labute approximate surface area is 136 Å². The van der Waals surface area contributed by atoms with Crippen LogP contribution in [0.4, 0.5) is 18.9 Å². The predicted octanol–water partition coefficient (Wildman–Crippen LogP) is 4.60. The summed E-state index contributed by atoms with van der Waals surface area (Å²) in [5, 5.41) is 3.77. The van der Waals surface area contributed by atoms with Gasteiger partial charge >= 0.3 is 6.18 Å². The molecule has 0 radical (unpaired) electrons. The first kappa shape index (κ1) is 16.6. The van der Waals surface area contributed by atoms with Crippen LogP contribution in [0, 0.1) is 0 Å². The zero-order valence-corrected chi connectivity index (χ0v) is 13.4. The van der Waals surface area contributed by atoms with Crippen LogP contribution in [0.25, 0.3) is 0 Å². The molecule has 1 saturated heterocycles. The van der Waals surface area contributed by atoms with Crippen molar-refractivity contribution < 1.29 is 13.2 Å². The van der Waals surface area contributed by atoms with Gasteiger partial charge in [-0.1, -0.05) is 19.3 Å². The standard InChI is InChI=1S/C18H25F3N2/c19-18(20,21)14-8-10-17(11-9-14)23-12-4-7-16(13-23)22-15-5-2-1-3-6-15/h8-11,15-16,22H,1-7,12-13H2/t16-/m0/s1. The fraction of sp³-hybridized carbons (Fsp3) is 0.667. The molecule has 128 valence electrons. The molecular formula is C18H25F3N2. The Morgan fingerprint density at radius 1 is 0.870 bits per heavy atom. The Kier molecular flexibility index (Phi) is 5.14. The number of nitrogens with zero attached hydrogens (tertiary/aromatic N) is 1. The van der Waals surface area contributed by atoms with E-state index in [-0.39, 0.29) is 0 Å². The van der Waals surface area contributed by atoms with Gasteiger partial charge in [0.1, 0.15) is 0 Å². The molecule has 2 aliphatic rings. The van der Waals surface area contributed by atoms with Crippen LogP contribution >= 0.6 is 0 Å². The van der Waals surface area contributed by atoms with E-state index in [1.807, 2.05) is 0 Å². The first-order chi connectivity index (χ1) is 11.0. The van der Waals surface area contributed by atoms with Gasteiger partial charge in [0.15, 0.2) is 0 Å².